The summed E-state index contributed by atoms with van der Waals surface area (Å²) in [6, 6.07) is 5.02. The van der Waals surface area contributed by atoms with Gasteiger partial charge in [0.25, 0.3) is 0 Å². The number of rotatable bonds is 1. The predicted octanol–water partition coefficient (Wildman–Crippen LogP) is 3.10. The van der Waals surface area contributed by atoms with Crippen molar-refractivity contribution in [2.75, 3.05) is 0 Å². The van der Waals surface area contributed by atoms with Crippen LogP contribution >= 0.6 is 0 Å². The van der Waals surface area contributed by atoms with E-state index in [1.165, 1.54) is 12.3 Å². The Labute approximate surface area is 81.4 Å². The number of hydrogen-bond donors (Lipinski definition) is 0. The highest BCUT2D eigenvalue weighted by atomic mass is 19.1. The molecule has 0 amide bonds. The molecule has 1 heterocycles. The van der Waals surface area contributed by atoms with E-state index in [4.69, 9.17) is 4.42 Å². The maximum absolute atomic E-state index is 13.2. The van der Waals surface area contributed by atoms with Crippen LogP contribution in [0, 0.1) is 19.7 Å². The predicted molar refractivity (Wildman–Crippen MR) is 51.4 cm³/mol. The minimum Gasteiger partial charge on any atom is -0.449 e. The summed E-state index contributed by atoms with van der Waals surface area (Å²) >= 11 is 0. The van der Waals surface area contributed by atoms with Gasteiger partial charge in [-0.2, -0.15) is 0 Å². The van der Waals surface area contributed by atoms with E-state index in [2.05, 4.69) is 4.98 Å². The highest BCUT2D eigenvalue weighted by Crippen LogP contribution is 2.20. The van der Waals surface area contributed by atoms with E-state index in [1.807, 2.05) is 6.07 Å². The number of benzene rings is 1. The Bertz CT molecular complexity index is 462. The highest BCUT2D eigenvalue weighted by molar-refractivity contribution is 5.58. The number of halogens is 1. The normalized spacial score (nSPS) is 10.5. The smallest absolute Gasteiger partial charge is 0.191 e. The first kappa shape index (κ1) is 8.94. The molecule has 72 valence electrons. The molecule has 0 unspecified atom stereocenters. The van der Waals surface area contributed by atoms with Crippen molar-refractivity contribution in [1.82, 2.24) is 4.98 Å². The van der Waals surface area contributed by atoms with Crippen molar-refractivity contribution in [2.24, 2.45) is 0 Å². The second-order valence-electron chi connectivity index (χ2n) is 3.22. The van der Waals surface area contributed by atoms with E-state index >= 15 is 0 Å². The van der Waals surface area contributed by atoms with Gasteiger partial charge in [0, 0.05) is 12.5 Å². The third kappa shape index (κ3) is 1.53. The van der Waals surface area contributed by atoms with Gasteiger partial charge in [0.1, 0.15) is 17.8 Å². The van der Waals surface area contributed by atoms with Crippen LogP contribution in [-0.4, -0.2) is 4.98 Å². The molecule has 2 nitrogen and oxygen atoms in total. The second-order valence-corrected chi connectivity index (χ2v) is 3.22. The molecule has 2 rings (SSSR count). The third-order valence-electron chi connectivity index (χ3n) is 2.09. The van der Waals surface area contributed by atoms with E-state index in [-0.39, 0.29) is 5.82 Å². The number of aromatic nitrogens is 1. The lowest BCUT2D eigenvalue weighted by Gasteiger charge is -1.98. The van der Waals surface area contributed by atoms with Gasteiger partial charge >= 0.3 is 0 Å². The van der Waals surface area contributed by atoms with Crippen LogP contribution in [0.15, 0.2) is 28.9 Å². The summed E-state index contributed by atoms with van der Waals surface area (Å²) in [6.07, 6.45) is 1.53. The van der Waals surface area contributed by atoms with Gasteiger partial charge in [0.2, 0.25) is 0 Å². The van der Waals surface area contributed by atoms with E-state index in [0.29, 0.717) is 17.1 Å². The minimum atomic E-state index is -0.219. The number of hydrogen-bond acceptors (Lipinski definition) is 2. The molecule has 0 aliphatic heterocycles. The fourth-order valence-corrected chi connectivity index (χ4v) is 1.25. The Balaban J connectivity index is 2.47. The van der Waals surface area contributed by atoms with Crippen molar-refractivity contribution in [3.8, 4) is 11.3 Å². The van der Waals surface area contributed by atoms with Gasteiger partial charge in [-0.25, -0.2) is 9.37 Å². The zero-order valence-electron chi connectivity index (χ0n) is 8.04. The monoisotopic (exact) mass is 191 g/mol. The molecule has 0 aliphatic rings. The molecule has 0 N–H and O–H groups in total. The van der Waals surface area contributed by atoms with Crippen LogP contribution in [0.3, 0.4) is 0 Å². The van der Waals surface area contributed by atoms with Gasteiger partial charge in [-0.1, -0.05) is 12.1 Å². The van der Waals surface area contributed by atoms with E-state index in [0.717, 1.165) is 5.56 Å². The average molecular weight is 191 g/mol. The average Bonchev–Trinajstić information content (AvgIpc) is 2.57. The Kier molecular flexibility index (Phi) is 2.08. The molecule has 0 aliphatic carbocycles. The SMILES string of the molecule is Cc1nc(-c2ccc(C)c(F)c2)co1. The summed E-state index contributed by atoms with van der Waals surface area (Å²) in [5.41, 5.74) is 2.04. The third-order valence-corrected chi connectivity index (χ3v) is 2.09. The molecule has 0 saturated heterocycles. The molecule has 1 aromatic carbocycles. The van der Waals surface area contributed by atoms with E-state index in [9.17, 15) is 4.39 Å². The molecule has 0 radical (unpaired) electrons. The Morgan fingerprint density at radius 1 is 1.29 bits per heavy atom. The number of nitrogens with zero attached hydrogens (tertiary/aromatic N) is 1. The van der Waals surface area contributed by atoms with Crippen LogP contribution in [0.4, 0.5) is 4.39 Å². The Hall–Kier alpha value is -1.64. The number of aryl methyl sites for hydroxylation is 2. The maximum atomic E-state index is 13.2. The van der Waals surface area contributed by atoms with Gasteiger partial charge in [0.05, 0.1) is 0 Å². The van der Waals surface area contributed by atoms with Crippen molar-refractivity contribution in [1.29, 1.82) is 0 Å². The molecule has 0 fully saturated rings. The molecule has 0 saturated carbocycles. The summed E-state index contributed by atoms with van der Waals surface area (Å²) in [4.78, 5) is 4.12. The zero-order valence-corrected chi connectivity index (χ0v) is 8.04. The largest absolute Gasteiger partial charge is 0.449 e. The topological polar surface area (TPSA) is 26.0 Å². The van der Waals surface area contributed by atoms with Gasteiger partial charge in [0.15, 0.2) is 5.89 Å². The summed E-state index contributed by atoms with van der Waals surface area (Å²) in [5, 5.41) is 0. The zero-order chi connectivity index (χ0) is 10.1. The van der Waals surface area contributed by atoms with Crippen LogP contribution in [0.25, 0.3) is 11.3 Å². The molecule has 1 aromatic heterocycles. The van der Waals surface area contributed by atoms with Crippen LogP contribution in [0.5, 0.6) is 0 Å². The second kappa shape index (κ2) is 3.25. The minimum absolute atomic E-state index is 0.219. The van der Waals surface area contributed by atoms with E-state index < -0.39 is 0 Å². The number of oxazole rings is 1. The van der Waals surface area contributed by atoms with E-state index in [1.54, 1.807) is 19.9 Å². The lowest BCUT2D eigenvalue weighted by Crippen LogP contribution is -1.84. The maximum Gasteiger partial charge on any atom is 0.191 e. The van der Waals surface area contributed by atoms with Crippen molar-refractivity contribution in [3.63, 3.8) is 0 Å². The molecule has 3 heteroatoms. The summed E-state index contributed by atoms with van der Waals surface area (Å²) in [7, 11) is 0. The molecular weight excluding hydrogens is 181 g/mol. The van der Waals surface area contributed by atoms with Crippen molar-refractivity contribution >= 4 is 0 Å². The lowest BCUT2D eigenvalue weighted by molar-refractivity contribution is 0.521. The molecule has 0 bridgehead atoms. The molecule has 2 aromatic rings. The summed E-state index contributed by atoms with van der Waals surface area (Å²) < 4.78 is 18.3. The Morgan fingerprint density at radius 2 is 2.07 bits per heavy atom. The van der Waals surface area contributed by atoms with Crippen LogP contribution in [-0.2, 0) is 0 Å². The fraction of sp³-hybridized carbons (Fsp3) is 0.182. The van der Waals surface area contributed by atoms with Crippen molar-refractivity contribution < 1.29 is 8.81 Å². The van der Waals surface area contributed by atoms with Gasteiger partial charge < -0.3 is 4.42 Å². The summed E-state index contributed by atoms with van der Waals surface area (Å²) in [6.45, 7) is 3.49. The summed E-state index contributed by atoms with van der Waals surface area (Å²) in [5.74, 6) is 0.365. The van der Waals surface area contributed by atoms with Crippen LogP contribution in [0.2, 0.25) is 0 Å². The van der Waals surface area contributed by atoms with Gasteiger partial charge in [-0.05, 0) is 18.6 Å². The first-order valence-electron chi connectivity index (χ1n) is 4.35. The van der Waals surface area contributed by atoms with Crippen LogP contribution in [0.1, 0.15) is 11.5 Å². The standard InChI is InChI=1S/C11H10FNO/c1-7-3-4-9(5-10(7)12)11-6-14-8(2)13-11/h3-6H,1-2H3. The van der Waals surface area contributed by atoms with Gasteiger partial charge in [-0.15, -0.1) is 0 Å². The van der Waals surface area contributed by atoms with Crippen molar-refractivity contribution in [3.05, 3.63) is 41.7 Å². The quantitative estimate of drug-likeness (QED) is 0.692. The molecule has 0 spiro atoms. The lowest BCUT2D eigenvalue weighted by atomic mass is 10.1. The van der Waals surface area contributed by atoms with Crippen LogP contribution < -0.4 is 0 Å². The highest BCUT2D eigenvalue weighted by Gasteiger charge is 2.05. The van der Waals surface area contributed by atoms with Crippen molar-refractivity contribution in [2.45, 2.75) is 13.8 Å². The first-order chi connectivity index (χ1) is 6.66. The first-order valence-corrected chi connectivity index (χ1v) is 4.35. The molecule has 0 atom stereocenters. The van der Waals surface area contributed by atoms with Gasteiger partial charge in [-0.3, -0.25) is 0 Å². The Morgan fingerprint density at radius 3 is 2.64 bits per heavy atom. The molecular formula is C11H10FNO. The molecule has 14 heavy (non-hydrogen) atoms. The fourth-order valence-electron chi connectivity index (χ4n) is 1.25.